The van der Waals surface area contributed by atoms with Crippen LogP contribution in [0.15, 0.2) is 0 Å². The Morgan fingerprint density at radius 2 is 1.39 bits per heavy atom. The average Bonchev–Trinajstić information content (AvgIpc) is 2.76. The van der Waals surface area contributed by atoms with Crippen LogP contribution in [0.2, 0.25) is 0 Å². The van der Waals surface area contributed by atoms with Gasteiger partial charge in [-0.1, -0.05) is 6.92 Å². The highest BCUT2D eigenvalue weighted by molar-refractivity contribution is 5.24. The van der Waals surface area contributed by atoms with Crippen LogP contribution in [0, 0.1) is 0 Å². The van der Waals surface area contributed by atoms with Gasteiger partial charge in [0.25, 0.3) is 0 Å². The topological polar surface area (TPSA) is 75.6 Å². The van der Waals surface area contributed by atoms with Crippen molar-refractivity contribution in [3.8, 4) is 0 Å². The van der Waals surface area contributed by atoms with E-state index in [0.29, 0.717) is 0 Å². The number of aryl methyl sites for hydroxylation is 2. The van der Waals surface area contributed by atoms with E-state index in [-0.39, 0.29) is 0 Å². The SMILES string of the molecule is CCc1nc(CCCCN2CCOCC2)nc(NCCCN2CCOCC2)n1. The van der Waals surface area contributed by atoms with Gasteiger partial charge in [-0.15, -0.1) is 0 Å². The quantitative estimate of drug-likeness (QED) is 0.564. The minimum atomic E-state index is 0.733. The number of hydrogen-bond acceptors (Lipinski definition) is 8. The van der Waals surface area contributed by atoms with E-state index in [1.54, 1.807) is 0 Å². The highest BCUT2D eigenvalue weighted by Crippen LogP contribution is 2.08. The summed E-state index contributed by atoms with van der Waals surface area (Å²) in [4.78, 5) is 18.8. The van der Waals surface area contributed by atoms with Crippen LogP contribution in [0.1, 0.15) is 37.8 Å². The third kappa shape index (κ3) is 7.58. The number of aromatic nitrogens is 3. The van der Waals surface area contributed by atoms with Gasteiger partial charge in [0.15, 0.2) is 0 Å². The van der Waals surface area contributed by atoms with E-state index >= 15 is 0 Å². The predicted molar refractivity (Wildman–Crippen MR) is 110 cm³/mol. The van der Waals surface area contributed by atoms with Crippen molar-refractivity contribution < 1.29 is 9.47 Å². The monoisotopic (exact) mass is 392 g/mol. The van der Waals surface area contributed by atoms with Crippen molar-refractivity contribution in [2.75, 3.05) is 77.6 Å². The summed E-state index contributed by atoms with van der Waals surface area (Å²) in [6.45, 7) is 12.9. The second kappa shape index (κ2) is 12.3. The molecule has 0 spiro atoms. The summed E-state index contributed by atoms with van der Waals surface area (Å²) in [7, 11) is 0. The Hall–Kier alpha value is -1.35. The number of hydrogen-bond donors (Lipinski definition) is 1. The number of nitrogens with zero attached hydrogens (tertiary/aromatic N) is 5. The van der Waals surface area contributed by atoms with E-state index in [2.05, 4.69) is 37.0 Å². The highest BCUT2D eigenvalue weighted by Gasteiger charge is 2.11. The first-order chi connectivity index (χ1) is 13.8. The van der Waals surface area contributed by atoms with Crippen LogP contribution >= 0.6 is 0 Å². The lowest BCUT2D eigenvalue weighted by Crippen LogP contribution is -2.37. The van der Waals surface area contributed by atoms with Crippen molar-refractivity contribution >= 4 is 5.95 Å². The molecule has 0 aromatic carbocycles. The zero-order valence-corrected chi connectivity index (χ0v) is 17.4. The van der Waals surface area contributed by atoms with E-state index in [4.69, 9.17) is 9.47 Å². The first-order valence-corrected chi connectivity index (χ1v) is 10.9. The van der Waals surface area contributed by atoms with Gasteiger partial charge >= 0.3 is 0 Å². The third-order valence-electron chi connectivity index (χ3n) is 5.31. The number of nitrogens with one attached hydrogen (secondary N) is 1. The van der Waals surface area contributed by atoms with Crippen LogP contribution in [-0.4, -0.2) is 97.0 Å². The Bertz CT molecular complexity index is 517. The fraction of sp³-hybridized carbons (Fsp3) is 0.850. The molecule has 3 rings (SSSR count). The molecule has 2 saturated heterocycles. The number of morpholine rings is 2. The van der Waals surface area contributed by atoms with Gasteiger partial charge in [0, 0.05) is 45.6 Å². The molecule has 0 atom stereocenters. The Labute approximate surface area is 169 Å². The normalized spacial score (nSPS) is 19.0. The molecule has 2 aliphatic heterocycles. The van der Waals surface area contributed by atoms with Gasteiger partial charge in [0.05, 0.1) is 26.4 Å². The maximum atomic E-state index is 5.40. The molecular formula is C20H36N6O2. The molecule has 8 heteroatoms. The lowest BCUT2D eigenvalue weighted by atomic mass is 10.2. The molecule has 158 valence electrons. The summed E-state index contributed by atoms with van der Waals surface area (Å²) < 4.78 is 10.8. The van der Waals surface area contributed by atoms with Crippen LogP contribution in [0.25, 0.3) is 0 Å². The third-order valence-corrected chi connectivity index (χ3v) is 5.31. The van der Waals surface area contributed by atoms with E-state index in [0.717, 1.165) is 116 Å². The molecule has 8 nitrogen and oxygen atoms in total. The molecule has 1 aromatic heterocycles. The zero-order valence-electron chi connectivity index (χ0n) is 17.4. The summed E-state index contributed by atoms with van der Waals surface area (Å²) >= 11 is 0. The minimum Gasteiger partial charge on any atom is -0.379 e. The van der Waals surface area contributed by atoms with Crippen molar-refractivity contribution in [3.63, 3.8) is 0 Å². The van der Waals surface area contributed by atoms with E-state index in [1.165, 1.54) is 6.42 Å². The first-order valence-electron chi connectivity index (χ1n) is 10.9. The van der Waals surface area contributed by atoms with Gasteiger partial charge in [-0.05, 0) is 32.4 Å². The molecule has 3 heterocycles. The Balaban J connectivity index is 1.38. The molecule has 28 heavy (non-hydrogen) atoms. The largest absolute Gasteiger partial charge is 0.379 e. The van der Waals surface area contributed by atoms with Gasteiger partial charge in [-0.25, -0.2) is 4.98 Å². The fourth-order valence-corrected chi connectivity index (χ4v) is 3.59. The average molecular weight is 393 g/mol. The van der Waals surface area contributed by atoms with E-state index < -0.39 is 0 Å². The number of anilines is 1. The van der Waals surface area contributed by atoms with E-state index in [9.17, 15) is 0 Å². The summed E-state index contributed by atoms with van der Waals surface area (Å²) in [5.74, 6) is 2.54. The molecule has 1 aromatic rings. The molecule has 0 amide bonds. The van der Waals surface area contributed by atoms with Crippen LogP contribution < -0.4 is 5.32 Å². The number of unbranched alkanes of at least 4 members (excludes halogenated alkanes) is 1. The van der Waals surface area contributed by atoms with Crippen LogP contribution in [0.4, 0.5) is 5.95 Å². The summed E-state index contributed by atoms with van der Waals surface area (Å²) in [6.07, 6.45) is 5.13. The van der Waals surface area contributed by atoms with Crippen LogP contribution in [-0.2, 0) is 22.3 Å². The highest BCUT2D eigenvalue weighted by atomic mass is 16.5. The van der Waals surface area contributed by atoms with Gasteiger partial charge in [-0.3, -0.25) is 9.80 Å². The molecule has 0 saturated carbocycles. The van der Waals surface area contributed by atoms with Crippen molar-refractivity contribution in [2.24, 2.45) is 0 Å². The summed E-state index contributed by atoms with van der Waals surface area (Å²) in [6, 6.07) is 0. The molecule has 0 radical (unpaired) electrons. The van der Waals surface area contributed by atoms with Crippen molar-refractivity contribution in [2.45, 2.75) is 39.0 Å². The second-order valence-electron chi connectivity index (χ2n) is 7.49. The first kappa shape index (κ1) is 21.4. The fourth-order valence-electron chi connectivity index (χ4n) is 3.59. The summed E-state index contributed by atoms with van der Waals surface area (Å²) in [5, 5.41) is 3.40. The van der Waals surface area contributed by atoms with Gasteiger partial charge in [0.1, 0.15) is 11.6 Å². The molecule has 1 N–H and O–H groups in total. The molecule has 0 bridgehead atoms. The van der Waals surface area contributed by atoms with Crippen molar-refractivity contribution in [3.05, 3.63) is 11.6 Å². The van der Waals surface area contributed by atoms with Gasteiger partial charge < -0.3 is 14.8 Å². The Morgan fingerprint density at radius 3 is 2.04 bits per heavy atom. The minimum absolute atomic E-state index is 0.733. The maximum absolute atomic E-state index is 5.40. The molecule has 0 unspecified atom stereocenters. The lowest BCUT2D eigenvalue weighted by Gasteiger charge is -2.26. The second-order valence-corrected chi connectivity index (χ2v) is 7.49. The predicted octanol–water partition coefficient (Wildman–Crippen LogP) is 1.22. The lowest BCUT2D eigenvalue weighted by molar-refractivity contribution is 0.0372. The van der Waals surface area contributed by atoms with Crippen molar-refractivity contribution in [1.82, 2.24) is 24.8 Å². The van der Waals surface area contributed by atoms with Crippen LogP contribution in [0.5, 0.6) is 0 Å². The van der Waals surface area contributed by atoms with Gasteiger partial charge in [0.2, 0.25) is 5.95 Å². The Kier molecular flexibility index (Phi) is 9.36. The molecule has 0 aliphatic carbocycles. The number of rotatable bonds is 11. The van der Waals surface area contributed by atoms with E-state index in [1.807, 2.05) is 0 Å². The van der Waals surface area contributed by atoms with Crippen LogP contribution in [0.3, 0.4) is 0 Å². The number of ether oxygens (including phenoxy) is 2. The molecular weight excluding hydrogens is 356 g/mol. The summed E-state index contributed by atoms with van der Waals surface area (Å²) in [5.41, 5.74) is 0. The maximum Gasteiger partial charge on any atom is 0.226 e. The molecule has 2 aliphatic rings. The smallest absolute Gasteiger partial charge is 0.226 e. The zero-order chi connectivity index (χ0) is 19.4. The molecule has 2 fully saturated rings. The van der Waals surface area contributed by atoms with Crippen molar-refractivity contribution in [1.29, 1.82) is 0 Å². The van der Waals surface area contributed by atoms with Gasteiger partial charge in [-0.2, -0.15) is 9.97 Å². The standard InChI is InChI=1S/C20H36N6O2/c1-2-18-22-19(6-3-4-8-25-10-14-27-15-11-25)24-20(23-18)21-7-5-9-26-12-16-28-17-13-26/h2-17H2,1H3,(H,21,22,23,24). The Morgan fingerprint density at radius 1 is 0.786 bits per heavy atom.